The van der Waals surface area contributed by atoms with Crippen LogP contribution in [-0.4, -0.2) is 30.6 Å². The third-order valence-corrected chi connectivity index (χ3v) is 4.82. The third-order valence-electron chi connectivity index (χ3n) is 4.82. The number of hydrogen-bond donors (Lipinski definition) is 1. The van der Waals surface area contributed by atoms with E-state index in [1.165, 1.54) is 45.3 Å². The lowest BCUT2D eigenvalue weighted by Gasteiger charge is -2.34. The predicted octanol–water partition coefficient (Wildman–Crippen LogP) is 2.82. The van der Waals surface area contributed by atoms with Crippen LogP contribution in [0.3, 0.4) is 0 Å². The topological polar surface area (TPSA) is 15.3 Å². The van der Waals surface area contributed by atoms with Gasteiger partial charge in [-0.15, -0.1) is 0 Å². The lowest BCUT2D eigenvalue weighted by molar-refractivity contribution is 0.186. The number of rotatable bonds is 2. The minimum absolute atomic E-state index is 0.694. The van der Waals surface area contributed by atoms with Crippen LogP contribution < -0.4 is 5.32 Å². The molecule has 0 spiro atoms. The van der Waals surface area contributed by atoms with Crippen molar-refractivity contribution in [3.8, 4) is 0 Å². The zero-order valence-corrected chi connectivity index (χ0v) is 12.1. The van der Waals surface area contributed by atoms with E-state index in [2.05, 4.69) is 41.4 Å². The fourth-order valence-corrected chi connectivity index (χ4v) is 3.56. The number of aryl methyl sites for hydroxylation is 1. The van der Waals surface area contributed by atoms with E-state index in [0.29, 0.717) is 6.04 Å². The van der Waals surface area contributed by atoms with E-state index >= 15 is 0 Å². The van der Waals surface area contributed by atoms with E-state index in [-0.39, 0.29) is 0 Å². The van der Waals surface area contributed by atoms with Crippen LogP contribution >= 0.6 is 0 Å². The van der Waals surface area contributed by atoms with Gasteiger partial charge in [0, 0.05) is 19.1 Å². The lowest BCUT2D eigenvalue weighted by atomic mass is 9.92. The van der Waals surface area contributed by atoms with E-state index in [0.717, 1.165) is 12.5 Å². The first kappa shape index (κ1) is 13.1. The van der Waals surface area contributed by atoms with Crippen molar-refractivity contribution in [3.63, 3.8) is 0 Å². The Morgan fingerprint density at radius 2 is 2.05 bits per heavy atom. The molecule has 0 aromatic heterocycles. The molecule has 1 N–H and O–H groups in total. The van der Waals surface area contributed by atoms with E-state index in [1.807, 2.05) is 0 Å². The van der Waals surface area contributed by atoms with E-state index in [9.17, 15) is 0 Å². The van der Waals surface area contributed by atoms with Crippen molar-refractivity contribution in [2.45, 2.75) is 45.2 Å². The highest BCUT2D eigenvalue weighted by Crippen LogP contribution is 2.21. The molecule has 2 nitrogen and oxygen atoms in total. The summed E-state index contributed by atoms with van der Waals surface area (Å²) in [6.07, 6.45) is 5.29. The van der Waals surface area contributed by atoms with Crippen LogP contribution in [0.2, 0.25) is 0 Å². The van der Waals surface area contributed by atoms with Crippen molar-refractivity contribution in [1.29, 1.82) is 0 Å². The summed E-state index contributed by atoms with van der Waals surface area (Å²) in [4.78, 5) is 2.66. The van der Waals surface area contributed by atoms with Crippen molar-refractivity contribution in [3.05, 3.63) is 35.4 Å². The van der Waals surface area contributed by atoms with Gasteiger partial charge in [0.15, 0.2) is 0 Å². The average molecular weight is 258 g/mol. The van der Waals surface area contributed by atoms with Crippen LogP contribution in [0.4, 0.5) is 0 Å². The van der Waals surface area contributed by atoms with Gasteiger partial charge >= 0.3 is 0 Å². The summed E-state index contributed by atoms with van der Waals surface area (Å²) in [5, 5.41) is 3.72. The zero-order valence-electron chi connectivity index (χ0n) is 12.1. The highest BCUT2D eigenvalue weighted by atomic mass is 15.2. The van der Waals surface area contributed by atoms with Crippen LogP contribution in [0.5, 0.6) is 0 Å². The summed E-state index contributed by atoms with van der Waals surface area (Å²) >= 11 is 0. The highest BCUT2D eigenvalue weighted by molar-refractivity contribution is 5.28. The van der Waals surface area contributed by atoms with Crippen molar-refractivity contribution < 1.29 is 0 Å². The van der Waals surface area contributed by atoms with Crippen LogP contribution in [0.1, 0.15) is 37.3 Å². The van der Waals surface area contributed by atoms with Gasteiger partial charge in [-0.3, -0.25) is 4.90 Å². The first-order chi connectivity index (χ1) is 9.33. The van der Waals surface area contributed by atoms with Crippen molar-refractivity contribution >= 4 is 0 Å². The molecule has 2 heteroatoms. The molecule has 1 saturated heterocycles. The van der Waals surface area contributed by atoms with Gasteiger partial charge < -0.3 is 5.32 Å². The summed E-state index contributed by atoms with van der Waals surface area (Å²) in [7, 11) is 0. The van der Waals surface area contributed by atoms with Crippen LogP contribution in [-0.2, 0) is 13.0 Å². The molecule has 0 bridgehead atoms. The molecule has 19 heavy (non-hydrogen) atoms. The van der Waals surface area contributed by atoms with Crippen molar-refractivity contribution in [2.24, 2.45) is 5.92 Å². The number of nitrogens with one attached hydrogen (secondary N) is 1. The number of fused-ring (bicyclic) bond motifs is 1. The number of piperidine rings is 1. The minimum atomic E-state index is 0.694. The molecule has 0 saturated carbocycles. The molecule has 2 aliphatic heterocycles. The van der Waals surface area contributed by atoms with Gasteiger partial charge in [0.1, 0.15) is 0 Å². The monoisotopic (exact) mass is 258 g/mol. The molecule has 2 unspecified atom stereocenters. The van der Waals surface area contributed by atoms with E-state index < -0.39 is 0 Å². The zero-order chi connectivity index (χ0) is 13.1. The molecule has 0 aliphatic carbocycles. The molecule has 3 rings (SSSR count). The summed E-state index contributed by atoms with van der Waals surface area (Å²) in [5.74, 6) is 0.826. The Balaban J connectivity index is 1.65. The van der Waals surface area contributed by atoms with E-state index in [4.69, 9.17) is 0 Å². The molecule has 0 amide bonds. The van der Waals surface area contributed by atoms with Gasteiger partial charge in [-0.25, -0.2) is 0 Å². The molecule has 1 aromatic rings. The van der Waals surface area contributed by atoms with Crippen LogP contribution in [0.25, 0.3) is 0 Å². The molecular formula is C17H26N2. The maximum Gasteiger partial charge on any atom is 0.0237 e. The second-order valence-corrected chi connectivity index (χ2v) is 6.29. The highest BCUT2D eigenvalue weighted by Gasteiger charge is 2.24. The molecule has 2 atom stereocenters. The maximum atomic E-state index is 3.72. The number of hydrogen-bond acceptors (Lipinski definition) is 2. The fourth-order valence-electron chi connectivity index (χ4n) is 3.56. The van der Waals surface area contributed by atoms with Crippen molar-refractivity contribution in [1.82, 2.24) is 10.2 Å². The fraction of sp³-hybridized carbons (Fsp3) is 0.647. The summed E-state index contributed by atoms with van der Waals surface area (Å²) < 4.78 is 0. The first-order valence-corrected chi connectivity index (χ1v) is 7.85. The molecule has 104 valence electrons. The molecule has 0 radical (unpaired) electrons. The molecule has 2 aliphatic rings. The van der Waals surface area contributed by atoms with Gasteiger partial charge in [-0.1, -0.05) is 31.2 Å². The average Bonchev–Trinajstić information content (AvgIpc) is 2.63. The molecular weight excluding hydrogens is 232 g/mol. The third kappa shape index (κ3) is 3.18. The second-order valence-electron chi connectivity index (χ2n) is 6.29. The summed E-state index contributed by atoms with van der Waals surface area (Å²) in [5.41, 5.74) is 3.11. The summed E-state index contributed by atoms with van der Waals surface area (Å²) in [6, 6.07) is 9.67. The Labute approximate surface area is 117 Å². The standard InChI is InChI=1S/C17H26N2/c1-14-6-4-10-18-17(14)13-19-11-5-9-15-7-2-3-8-16(15)12-19/h2-3,7-8,14,17-18H,4-6,9-13H2,1H3. The van der Waals surface area contributed by atoms with Gasteiger partial charge in [0.25, 0.3) is 0 Å². The minimum Gasteiger partial charge on any atom is -0.312 e. The summed E-state index contributed by atoms with van der Waals surface area (Å²) in [6.45, 7) is 7.22. The molecule has 1 fully saturated rings. The largest absolute Gasteiger partial charge is 0.312 e. The molecule has 2 heterocycles. The van der Waals surface area contributed by atoms with Gasteiger partial charge in [0.05, 0.1) is 0 Å². The normalized spacial score (nSPS) is 28.7. The Hall–Kier alpha value is -0.860. The SMILES string of the molecule is CC1CCCNC1CN1CCCc2ccccc2C1. The Morgan fingerprint density at radius 1 is 1.21 bits per heavy atom. The Kier molecular flexibility index (Phi) is 4.19. The first-order valence-electron chi connectivity index (χ1n) is 7.85. The van der Waals surface area contributed by atoms with Gasteiger partial charge in [0.2, 0.25) is 0 Å². The Bertz CT molecular complexity index is 415. The Morgan fingerprint density at radius 3 is 2.89 bits per heavy atom. The van der Waals surface area contributed by atoms with Crippen LogP contribution in [0, 0.1) is 5.92 Å². The van der Waals surface area contributed by atoms with E-state index in [1.54, 1.807) is 11.1 Å². The number of benzene rings is 1. The number of nitrogens with zero attached hydrogens (tertiary/aromatic N) is 1. The lowest BCUT2D eigenvalue weighted by Crippen LogP contribution is -2.47. The maximum absolute atomic E-state index is 3.72. The predicted molar refractivity (Wildman–Crippen MR) is 80.2 cm³/mol. The smallest absolute Gasteiger partial charge is 0.0237 e. The van der Waals surface area contributed by atoms with Crippen LogP contribution in [0.15, 0.2) is 24.3 Å². The molecule has 1 aromatic carbocycles. The van der Waals surface area contributed by atoms with Gasteiger partial charge in [-0.05, 0) is 55.8 Å². The van der Waals surface area contributed by atoms with Crippen molar-refractivity contribution in [2.75, 3.05) is 19.6 Å². The van der Waals surface area contributed by atoms with Gasteiger partial charge in [-0.2, -0.15) is 0 Å². The second kappa shape index (κ2) is 6.06. The quantitative estimate of drug-likeness (QED) is 0.877.